The summed E-state index contributed by atoms with van der Waals surface area (Å²) < 4.78 is 5.66. The fourth-order valence-corrected chi connectivity index (χ4v) is 2.54. The van der Waals surface area contributed by atoms with Crippen molar-refractivity contribution in [1.29, 1.82) is 0 Å². The summed E-state index contributed by atoms with van der Waals surface area (Å²) in [6.45, 7) is 0.260. The van der Waals surface area contributed by atoms with Gasteiger partial charge in [-0.05, 0) is 30.5 Å². The first-order chi connectivity index (χ1) is 11.3. The second-order valence-electron chi connectivity index (χ2n) is 4.90. The number of aromatic nitrogens is 1. The second kappa shape index (κ2) is 7.15. The van der Waals surface area contributed by atoms with Crippen molar-refractivity contribution in [2.75, 3.05) is 6.26 Å². The van der Waals surface area contributed by atoms with Crippen LogP contribution in [0, 0.1) is 0 Å². The molecule has 116 valence electrons. The third kappa shape index (κ3) is 3.81. The molecule has 1 amide bonds. The molecule has 3 aromatic rings. The molecule has 3 rings (SSSR count). The van der Waals surface area contributed by atoms with Crippen molar-refractivity contribution in [3.8, 4) is 11.3 Å². The molecule has 23 heavy (non-hydrogen) atoms. The molecule has 4 nitrogen and oxygen atoms in total. The third-order valence-corrected chi connectivity index (χ3v) is 4.11. The van der Waals surface area contributed by atoms with Crippen LogP contribution in [0.5, 0.6) is 0 Å². The number of hydrogen-bond acceptors (Lipinski definition) is 4. The Kier molecular flexibility index (Phi) is 4.78. The summed E-state index contributed by atoms with van der Waals surface area (Å²) in [6, 6.07) is 17.2. The molecule has 1 N–H and O–H groups in total. The zero-order valence-electron chi connectivity index (χ0n) is 12.7. The van der Waals surface area contributed by atoms with Crippen LogP contribution in [0.25, 0.3) is 11.3 Å². The van der Waals surface area contributed by atoms with Gasteiger partial charge in [-0.15, -0.1) is 11.8 Å². The smallest absolute Gasteiger partial charge is 0.251 e. The van der Waals surface area contributed by atoms with Gasteiger partial charge in [0.1, 0.15) is 0 Å². The average Bonchev–Trinajstić information content (AvgIpc) is 3.09. The number of benzene rings is 2. The summed E-state index contributed by atoms with van der Waals surface area (Å²) in [5.41, 5.74) is 1.59. The predicted molar refractivity (Wildman–Crippen MR) is 91.3 cm³/mol. The molecule has 0 saturated carbocycles. The summed E-state index contributed by atoms with van der Waals surface area (Å²) in [5, 5.41) is 2.82. The Balaban J connectivity index is 1.62. The zero-order valence-corrected chi connectivity index (χ0v) is 13.5. The average molecular weight is 324 g/mol. The van der Waals surface area contributed by atoms with E-state index in [0.717, 1.165) is 10.5 Å². The molecule has 0 bridgehead atoms. The molecule has 1 heterocycles. The van der Waals surface area contributed by atoms with E-state index in [0.29, 0.717) is 17.2 Å². The molecule has 0 aliphatic carbocycles. The molecular formula is C18H16N2O2S. The summed E-state index contributed by atoms with van der Waals surface area (Å²) in [7, 11) is 0. The van der Waals surface area contributed by atoms with Crippen molar-refractivity contribution in [1.82, 2.24) is 10.3 Å². The molecule has 0 aliphatic heterocycles. The Hall–Kier alpha value is -2.53. The van der Waals surface area contributed by atoms with Gasteiger partial charge >= 0.3 is 0 Å². The first-order valence-electron chi connectivity index (χ1n) is 7.18. The summed E-state index contributed by atoms with van der Waals surface area (Å²) in [6.07, 6.45) is 3.67. The Bertz CT molecular complexity index is 782. The predicted octanol–water partition coefficient (Wildman–Crippen LogP) is 3.99. The number of oxazole rings is 1. The Morgan fingerprint density at radius 3 is 2.57 bits per heavy atom. The number of carbonyl (C=O) groups is 1. The second-order valence-corrected chi connectivity index (χ2v) is 5.78. The van der Waals surface area contributed by atoms with Crippen LogP contribution in [-0.4, -0.2) is 17.1 Å². The van der Waals surface area contributed by atoms with Crippen LogP contribution in [0.4, 0.5) is 0 Å². The monoisotopic (exact) mass is 324 g/mol. The van der Waals surface area contributed by atoms with E-state index < -0.39 is 0 Å². The van der Waals surface area contributed by atoms with Gasteiger partial charge in [-0.3, -0.25) is 4.79 Å². The van der Waals surface area contributed by atoms with Gasteiger partial charge in [-0.1, -0.05) is 30.3 Å². The van der Waals surface area contributed by atoms with E-state index in [1.807, 2.05) is 60.9 Å². The minimum atomic E-state index is -0.142. The van der Waals surface area contributed by atoms with E-state index in [-0.39, 0.29) is 12.5 Å². The van der Waals surface area contributed by atoms with Gasteiger partial charge in [0, 0.05) is 16.0 Å². The van der Waals surface area contributed by atoms with Crippen molar-refractivity contribution in [3.05, 3.63) is 72.2 Å². The molecule has 0 atom stereocenters. The highest BCUT2D eigenvalue weighted by atomic mass is 32.2. The first kappa shape index (κ1) is 15.4. The maximum Gasteiger partial charge on any atom is 0.251 e. The summed E-state index contributed by atoms with van der Waals surface area (Å²) in [5.74, 6) is 1.04. The third-order valence-electron chi connectivity index (χ3n) is 3.36. The largest absolute Gasteiger partial charge is 0.439 e. The van der Waals surface area contributed by atoms with Crippen molar-refractivity contribution >= 4 is 17.7 Å². The van der Waals surface area contributed by atoms with Gasteiger partial charge in [-0.25, -0.2) is 4.98 Å². The number of carbonyl (C=O) groups excluding carboxylic acids is 1. The van der Waals surface area contributed by atoms with Gasteiger partial charge in [0.15, 0.2) is 5.76 Å². The van der Waals surface area contributed by atoms with E-state index in [1.165, 1.54) is 0 Å². The fourth-order valence-electron chi connectivity index (χ4n) is 2.13. The van der Waals surface area contributed by atoms with E-state index >= 15 is 0 Å². The van der Waals surface area contributed by atoms with E-state index in [9.17, 15) is 4.79 Å². The molecule has 0 unspecified atom stereocenters. The van der Waals surface area contributed by atoms with Gasteiger partial charge in [0.2, 0.25) is 5.89 Å². The van der Waals surface area contributed by atoms with E-state index in [4.69, 9.17) is 4.42 Å². The van der Waals surface area contributed by atoms with Crippen LogP contribution in [0.3, 0.4) is 0 Å². The molecule has 0 fully saturated rings. The standard InChI is InChI=1S/C18H16N2O2S/c1-23-15-9-7-14(8-10-15)18(21)20-12-17-19-11-16(22-17)13-5-3-2-4-6-13/h2-11H,12H2,1H3,(H,20,21). The van der Waals surface area contributed by atoms with Crippen LogP contribution in [0.1, 0.15) is 16.2 Å². The van der Waals surface area contributed by atoms with Crippen molar-refractivity contribution < 1.29 is 9.21 Å². The number of nitrogens with one attached hydrogen (secondary N) is 1. The lowest BCUT2D eigenvalue weighted by Gasteiger charge is -2.03. The van der Waals surface area contributed by atoms with Gasteiger partial charge < -0.3 is 9.73 Å². The topological polar surface area (TPSA) is 55.1 Å². The maximum absolute atomic E-state index is 12.1. The molecular weight excluding hydrogens is 308 g/mol. The minimum Gasteiger partial charge on any atom is -0.439 e. The van der Waals surface area contributed by atoms with Crippen LogP contribution in [-0.2, 0) is 6.54 Å². The number of amides is 1. The Morgan fingerprint density at radius 1 is 1.13 bits per heavy atom. The minimum absolute atomic E-state index is 0.142. The van der Waals surface area contributed by atoms with Crippen molar-refractivity contribution in [3.63, 3.8) is 0 Å². The molecule has 0 spiro atoms. The van der Waals surface area contributed by atoms with Gasteiger partial charge in [0.25, 0.3) is 5.91 Å². The molecule has 0 aliphatic rings. The van der Waals surface area contributed by atoms with E-state index in [2.05, 4.69) is 10.3 Å². The molecule has 0 saturated heterocycles. The van der Waals surface area contributed by atoms with Crippen LogP contribution in [0.2, 0.25) is 0 Å². The summed E-state index contributed by atoms with van der Waals surface area (Å²) in [4.78, 5) is 17.4. The molecule has 1 aromatic heterocycles. The van der Waals surface area contributed by atoms with Crippen molar-refractivity contribution in [2.45, 2.75) is 11.4 Å². The van der Waals surface area contributed by atoms with Crippen molar-refractivity contribution in [2.24, 2.45) is 0 Å². The van der Waals surface area contributed by atoms with Crippen LogP contribution in [0.15, 0.2) is 70.1 Å². The lowest BCUT2D eigenvalue weighted by Crippen LogP contribution is -2.22. The fraction of sp³-hybridized carbons (Fsp3) is 0.111. The SMILES string of the molecule is CSc1ccc(C(=O)NCc2ncc(-c3ccccc3)o2)cc1. The Morgan fingerprint density at radius 2 is 1.87 bits per heavy atom. The zero-order chi connectivity index (χ0) is 16.1. The summed E-state index contributed by atoms with van der Waals surface area (Å²) >= 11 is 1.64. The maximum atomic E-state index is 12.1. The number of rotatable bonds is 5. The highest BCUT2D eigenvalue weighted by molar-refractivity contribution is 7.98. The van der Waals surface area contributed by atoms with Crippen LogP contribution < -0.4 is 5.32 Å². The highest BCUT2D eigenvalue weighted by Crippen LogP contribution is 2.19. The molecule has 2 aromatic carbocycles. The lowest BCUT2D eigenvalue weighted by atomic mass is 10.2. The normalized spacial score (nSPS) is 10.5. The molecule has 0 radical (unpaired) electrons. The van der Waals surface area contributed by atoms with Crippen LogP contribution >= 0.6 is 11.8 Å². The van der Waals surface area contributed by atoms with Gasteiger partial charge in [0.05, 0.1) is 12.7 Å². The number of thioether (sulfide) groups is 1. The van der Waals surface area contributed by atoms with E-state index in [1.54, 1.807) is 18.0 Å². The highest BCUT2D eigenvalue weighted by Gasteiger charge is 2.09. The number of hydrogen-bond donors (Lipinski definition) is 1. The molecule has 5 heteroatoms. The number of nitrogens with zero attached hydrogens (tertiary/aromatic N) is 1. The van der Waals surface area contributed by atoms with Gasteiger partial charge in [-0.2, -0.15) is 0 Å². The lowest BCUT2D eigenvalue weighted by molar-refractivity contribution is 0.0947. The quantitative estimate of drug-likeness (QED) is 0.721. The first-order valence-corrected chi connectivity index (χ1v) is 8.41. The Labute approximate surface area is 138 Å².